The van der Waals surface area contributed by atoms with Crippen molar-refractivity contribution in [1.82, 2.24) is 0 Å². The molecule has 2 N–H and O–H groups in total. The average Bonchev–Trinajstić information content (AvgIpc) is 2.83. The first kappa shape index (κ1) is 35.3. The summed E-state index contributed by atoms with van der Waals surface area (Å²) in [5.41, 5.74) is -0.685. The van der Waals surface area contributed by atoms with E-state index in [0.717, 1.165) is 26.1 Å². The quantitative estimate of drug-likeness (QED) is 0.0872. The molecule has 0 spiro atoms. The Morgan fingerprint density at radius 1 is 0.486 bits per heavy atom. The molecule has 0 fully saturated rings. The van der Waals surface area contributed by atoms with Gasteiger partial charge < -0.3 is 19.7 Å². The van der Waals surface area contributed by atoms with Crippen LogP contribution in [0.2, 0.25) is 48.4 Å². The van der Waals surface area contributed by atoms with Crippen molar-refractivity contribution in [2.75, 3.05) is 39.6 Å². The van der Waals surface area contributed by atoms with Gasteiger partial charge in [-0.15, -0.1) is 0 Å². The molecule has 0 aliphatic rings. The SMILES string of the molecule is CCC[Si](CCC)(CCC)CCCOCC(CO)(CO)COCCC[Si](CCC)(CCC)CCC. The third-order valence-corrected chi connectivity index (χ3v) is 20.4. The van der Waals surface area contributed by atoms with Crippen molar-refractivity contribution in [1.29, 1.82) is 0 Å². The molecule has 0 aromatic carbocycles. The van der Waals surface area contributed by atoms with Crippen LogP contribution in [0.4, 0.5) is 0 Å². The van der Waals surface area contributed by atoms with Gasteiger partial charge in [-0.2, -0.15) is 0 Å². The van der Waals surface area contributed by atoms with E-state index in [4.69, 9.17) is 9.47 Å². The predicted octanol–water partition coefficient (Wildman–Crippen LogP) is 8.13. The Morgan fingerprint density at radius 2 is 0.771 bits per heavy atom. The van der Waals surface area contributed by atoms with Gasteiger partial charge in [0.05, 0.1) is 48.0 Å². The van der Waals surface area contributed by atoms with E-state index < -0.39 is 21.6 Å². The summed E-state index contributed by atoms with van der Waals surface area (Å²) < 4.78 is 12.1. The largest absolute Gasteiger partial charge is 0.396 e. The summed E-state index contributed by atoms with van der Waals surface area (Å²) in [6, 6.07) is 11.4. The molecule has 0 saturated heterocycles. The molecule has 0 bridgehead atoms. The topological polar surface area (TPSA) is 58.9 Å². The second-order valence-corrected chi connectivity index (χ2v) is 21.6. The van der Waals surface area contributed by atoms with E-state index >= 15 is 0 Å². The highest BCUT2D eigenvalue weighted by Gasteiger charge is 2.32. The van der Waals surface area contributed by atoms with Crippen LogP contribution < -0.4 is 0 Å². The second kappa shape index (κ2) is 21.2. The van der Waals surface area contributed by atoms with Gasteiger partial charge >= 0.3 is 0 Å². The van der Waals surface area contributed by atoms with Gasteiger partial charge in [0.15, 0.2) is 0 Å². The molecule has 0 aromatic heterocycles. The van der Waals surface area contributed by atoms with Crippen LogP contribution in [0.5, 0.6) is 0 Å². The van der Waals surface area contributed by atoms with Crippen LogP contribution in [0.1, 0.15) is 92.9 Å². The van der Waals surface area contributed by atoms with Gasteiger partial charge in [0, 0.05) is 13.2 Å². The highest BCUT2D eigenvalue weighted by Crippen LogP contribution is 2.32. The number of hydrogen-bond acceptors (Lipinski definition) is 4. The van der Waals surface area contributed by atoms with Crippen LogP contribution >= 0.6 is 0 Å². The first-order valence-corrected chi connectivity index (χ1v) is 20.9. The molecule has 212 valence electrons. The summed E-state index contributed by atoms with van der Waals surface area (Å²) in [6.45, 7) is 16.0. The highest BCUT2D eigenvalue weighted by atomic mass is 28.3. The van der Waals surface area contributed by atoms with Crippen molar-refractivity contribution in [3.05, 3.63) is 0 Å². The van der Waals surface area contributed by atoms with Crippen molar-refractivity contribution in [2.24, 2.45) is 5.41 Å². The molecule has 35 heavy (non-hydrogen) atoms. The van der Waals surface area contributed by atoms with E-state index in [1.165, 1.54) is 86.9 Å². The average molecular weight is 533 g/mol. The number of hydrogen-bond donors (Lipinski definition) is 2. The number of aliphatic hydroxyl groups excluding tert-OH is 2. The molecule has 6 heteroatoms. The first-order chi connectivity index (χ1) is 16.9. The summed E-state index contributed by atoms with van der Waals surface area (Å²) in [6.07, 6.45) is 10.1. The van der Waals surface area contributed by atoms with E-state index in [0.29, 0.717) is 13.2 Å². The van der Waals surface area contributed by atoms with Gasteiger partial charge in [0.25, 0.3) is 0 Å². The standard InChI is InChI=1S/C29H64O4Si2/c1-7-17-34(18-8-2,19-9-3)23-13-15-32-27-29(25-30,26-31)28-33-16-14-24-35(20-10-4,21-11-5)22-12-6/h30-31H,7-28H2,1-6H3. The second-order valence-electron chi connectivity index (χ2n) is 11.6. The molecule has 0 rings (SSSR count). The molecule has 0 aromatic rings. The molecule has 0 atom stereocenters. The molecular weight excluding hydrogens is 468 g/mol. The van der Waals surface area contributed by atoms with E-state index in [-0.39, 0.29) is 13.2 Å². The number of rotatable bonds is 26. The molecule has 0 unspecified atom stereocenters. The van der Waals surface area contributed by atoms with Crippen LogP contribution in [0.3, 0.4) is 0 Å². The van der Waals surface area contributed by atoms with E-state index in [1.807, 2.05) is 0 Å². The number of aliphatic hydroxyl groups is 2. The minimum Gasteiger partial charge on any atom is -0.396 e. The van der Waals surface area contributed by atoms with Crippen LogP contribution in [-0.2, 0) is 9.47 Å². The van der Waals surface area contributed by atoms with Gasteiger partial charge in [-0.3, -0.25) is 0 Å². The van der Waals surface area contributed by atoms with Crippen molar-refractivity contribution in [3.63, 3.8) is 0 Å². The van der Waals surface area contributed by atoms with E-state index in [2.05, 4.69) is 41.5 Å². The summed E-state index contributed by atoms with van der Waals surface area (Å²) in [5, 5.41) is 20.1. The fraction of sp³-hybridized carbons (Fsp3) is 1.00. The minimum absolute atomic E-state index is 0.0934. The Morgan fingerprint density at radius 3 is 1.00 bits per heavy atom. The lowest BCUT2D eigenvalue weighted by Gasteiger charge is -2.33. The molecule has 0 heterocycles. The van der Waals surface area contributed by atoms with Gasteiger partial charge in [-0.25, -0.2) is 0 Å². The number of ether oxygens (including phenoxy) is 2. The first-order valence-electron chi connectivity index (χ1n) is 15.3. The normalized spacial score (nSPS) is 13.0. The van der Waals surface area contributed by atoms with Crippen molar-refractivity contribution >= 4 is 16.1 Å². The Bertz CT molecular complexity index is 400. The maximum absolute atomic E-state index is 10.1. The van der Waals surface area contributed by atoms with Crippen LogP contribution in [0.15, 0.2) is 0 Å². The zero-order chi connectivity index (χ0) is 26.5. The predicted molar refractivity (Wildman–Crippen MR) is 159 cm³/mol. The van der Waals surface area contributed by atoms with Crippen LogP contribution in [0, 0.1) is 5.41 Å². The van der Waals surface area contributed by atoms with Crippen molar-refractivity contribution in [3.8, 4) is 0 Å². The minimum atomic E-state index is -1.17. The van der Waals surface area contributed by atoms with Crippen LogP contribution in [-0.4, -0.2) is 66.0 Å². The Kier molecular flexibility index (Phi) is 21.4. The van der Waals surface area contributed by atoms with Crippen molar-refractivity contribution < 1.29 is 19.7 Å². The monoisotopic (exact) mass is 532 g/mol. The molecule has 0 aliphatic carbocycles. The molecule has 4 nitrogen and oxygen atoms in total. The summed E-state index contributed by atoms with van der Waals surface area (Å²) in [5.74, 6) is 0. The molecule has 0 amide bonds. The summed E-state index contributed by atoms with van der Waals surface area (Å²) >= 11 is 0. The zero-order valence-corrected chi connectivity index (χ0v) is 26.8. The van der Waals surface area contributed by atoms with E-state index in [1.54, 1.807) is 0 Å². The maximum Gasteiger partial charge on any atom is 0.0632 e. The Hall–Kier alpha value is 0.274. The van der Waals surface area contributed by atoms with Crippen molar-refractivity contribution in [2.45, 2.75) is 141 Å². The zero-order valence-electron chi connectivity index (χ0n) is 24.8. The molecule has 0 radical (unpaired) electrons. The van der Waals surface area contributed by atoms with Gasteiger partial charge in [0.1, 0.15) is 0 Å². The van der Waals surface area contributed by atoms with E-state index in [9.17, 15) is 10.2 Å². The highest BCUT2D eigenvalue weighted by molar-refractivity contribution is 6.80. The maximum atomic E-state index is 10.1. The lowest BCUT2D eigenvalue weighted by Crippen LogP contribution is -2.40. The smallest absolute Gasteiger partial charge is 0.0632 e. The Balaban J connectivity index is 4.59. The van der Waals surface area contributed by atoms with Gasteiger partial charge in [0.2, 0.25) is 0 Å². The summed E-state index contributed by atoms with van der Waals surface area (Å²) in [7, 11) is -2.34. The van der Waals surface area contributed by atoms with Gasteiger partial charge in [-0.05, 0) is 12.8 Å². The summed E-state index contributed by atoms with van der Waals surface area (Å²) in [4.78, 5) is 0. The Labute approximate surface area is 222 Å². The van der Waals surface area contributed by atoms with Crippen LogP contribution in [0.25, 0.3) is 0 Å². The van der Waals surface area contributed by atoms with Gasteiger partial charge in [-0.1, -0.05) is 128 Å². The fourth-order valence-corrected chi connectivity index (χ4v) is 17.8. The lowest BCUT2D eigenvalue weighted by molar-refractivity contribution is -0.0767. The lowest BCUT2D eigenvalue weighted by atomic mass is 9.92. The fourth-order valence-electron chi connectivity index (χ4n) is 6.63. The third-order valence-electron chi connectivity index (χ3n) is 8.16. The molecule has 0 aliphatic heterocycles. The molecular formula is C29H64O4Si2. The third kappa shape index (κ3) is 14.1. The molecule has 0 saturated carbocycles.